The fourth-order valence-electron chi connectivity index (χ4n) is 2.83. The van der Waals surface area contributed by atoms with Crippen molar-refractivity contribution in [3.63, 3.8) is 0 Å². The van der Waals surface area contributed by atoms with Crippen molar-refractivity contribution in [2.45, 2.75) is 30.7 Å². The fraction of sp³-hybridized carbons (Fsp3) is 0.600. The van der Waals surface area contributed by atoms with Gasteiger partial charge in [-0.2, -0.15) is 4.99 Å². The zero-order valence-corrected chi connectivity index (χ0v) is 19.5. The van der Waals surface area contributed by atoms with Gasteiger partial charge in [0.15, 0.2) is 11.4 Å². The van der Waals surface area contributed by atoms with Crippen molar-refractivity contribution in [3.05, 3.63) is 24.3 Å². The Morgan fingerprint density at radius 1 is 1.00 bits per heavy atom. The molecular weight excluding hydrogens is 474 g/mol. The quantitative estimate of drug-likeness (QED) is 0.117. The Morgan fingerprint density at radius 2 is 1.67 bits per heavy atom. The lowest BCUT2D eigenvalue weighted by atomic mass is 9.99. The highest BCUT2D eigenvalue weighted by Crippen LogP contribution is 2.21. The number of thiocarbonyl (C=S) groups is 2. The molecule has 2 rings (SSSR count). The Kier molecular flexibility index (Phi) is 12.8. The summed E-state index contributed by atoms with van der Waals surface area (Å²) in [6.45, 7) is 1.42. The fourth-order valence-corrected chi connectivity index (χ4v) is 3.16. The van der Waals surface area contributed by atoms with Gasteiger partial charge >= 0.3 is 0 Å². The summed E-state index contributed by atoms with van der Waals surface area (Å²) in [5.74, 6) is 0. The number of hydrogen-bond acceptors (Lipinski definition) is 11. The summed E-state index contributed by atoms with van der Waals surface area (Å²) >= 11 is 9.78. The standard InChI is InChI=1S/C20H29N3O8S2/c24-11-15-16(25)17(26)18(27)19(31-15)30-10-9-29-8-7-28-6-5-21-20(33)23-14-3-1-13(2-4-14)22-12-32/h1-4,15-19,24-27H,5-11H2,(H2,21,23,33)/t15?,16-,17+,18?,19+/m1/s1. The monoisotopic (exact) mass is 503 g/mol. The molecule has 0 spiro atoms. The number of anilines is 1. The molecule has 5 atom stereocenters. The minimum Gasteiger partial charge on any atom is -0.394 e. The summed E-state index contributed by atoms with van der Waals surface area (Å²) < 4.78 is 21.4. The molecule has 1 aromatic carbocycles. The predicted octanol–water partition coefficient (Wildman–Crippen LogP) is -0.443. The van der Waals surface area contributed by atoms with Crippen LogP contribution in [0.25, 0.3) is 0 Å². The van der Waals surface area contributed by atoms with Crippen LogP contribution >= 0.6 is 24.4 Å². The van der Waals surface area contributed by atoms with E-state index in [-0.39, 0.29) is 13.2 Å². The molecule has 0 bridgehead atoms. The normalized spacial score (nSPS) is 24.7. The van der Waals surface area contributed by atoms with E-state index in [4.69, 9.17) is 36.3 Å². The number of aliphatic hydroxyl groups is 4. The SMILES string of the molecule is OCC1O[C@H](OCCOCCOCCNC(=S)Nc2ccc(N=C=S)cc2)C(O)[C@@H](O)[C@@H]1O. The summed E-state index contributed by atoms with van der Waals surface area (Å²) in [4.78, 5) is 3.88. The molecule has 1 aliphatic heterocycles. The molecule has 11 nitrogen and oxygen atoms in total. The average Bonchev–Trinajstić information content (AvgIpc) is 2.81. The second-order valence-corrected chi connectivity index (χ2v) is 7.51. The van der Waals surface area contributed by atoms with Crippen molar-refractivity contribution < 1.29 is 39.4 Å². The lowest BCUT2D eigenvalue weighted by molar-refractivity contribution is -0.302. The summed E-state index contributed by atoms with van der Waals surface area (Å²) in [5, 5.41) is 47.3. The third-order valence-electron chi connectivity index (χ3n) is 4.56. The smallest absolute Gasteiger partial charge is 0.186 e. The third kappa shape index (κ3) is 9.65. The first-order chi connectivity index (χ1) is 16.0. The van der Waals surface area contributed by atoms with Gasteiger partial charge < -0.3 is 50.0 Å². The number of aliphatic hydroxyl groups excluding tert-OH is 4. The molecule has 0 aromatic heterocycles. The van der Waals surface area contributed by atoms with Crippen molar-refractivity contribution in [3.8, 4) is 0 Å². The maximum absolute atomic E-state index is 9.87. The van der Waals surface area contributed by atoms with Gasteiger partial charge in [0.1, 0.15) is 24.4 Å². The topological polar surface area (TPSA) is 154 Å². The molecule has 1 aromatic rings. The van der Waals surface area contributed by atoms with E-state index in [2.05, 4.69) is 33.0 Å². The van der Waals surface area contributed by atoms with E-state index in [1.165, 1.54) is 0 Å². The molecule has 0 amide bonds. The van der Waals surface area contributed by atoms with Crippen LogP contribution in [0, 0.1) is 0 Å². The van der Waals surface area contributed by atoms with Crippen LogP contribution in [-0.2, 0) is 18.9 Å². The molecular formula is C20H29N3O8S2. The van der Waals surface area contributed by atoms with E-state index in [1.807, 2.05) is 12.1 Å². The molecule has 1 fully saturated rings. The van der Waals surface area contributed by atoms with Crippen molar-refractivity contribution in [2.75, 3.05) is 51.5 Å². The number of ether oxygens (including phenoxy) is 4. The van der Waals surface area contributed by atoms with Gasteiger partial charge in [0.2, 0.25) is 0 Å². The molecule has 0 saturated carbocycles. The molecule has 184 valence electrons. The van der Waals surface area contributed by atoms with E-state index >= 15 is 0 Å². The van der Waals surface area contributed by atoms with Crippen LogP contribution in [0.4, 0.5) is 11.4 Å². The first-order valence-electron chi connectivity index (χ1n) is 10.3. The number of nitrogens with zero attached hydrogens (tertiary/aromatic N) is 1. The van der Waals surface area contributed by atoms with E-state index in [0.717, 1.165) is 5.69 Å². The summed E-state index contributed by atoms with van der Waals surface area (Å²) in [6.07, 6.45) is -6.48. The minimum absolute atomic E-state index is 0.0863. The van der Waals surface area contributed by atoms with E-state index in [1.54, 1.807) is 12.1 Å². The molecule has 0 radical (unpaired) electrons. The number of aliphatic imine (C=N–C) groups is 1. The van der Waals surface area contributed by atoms with Crippen LogP contribution in [-0.4, -0.2) is 108 Å². The van der Waals surface area contributed by atoms with Gasteiger partial charge in [0.25, 0.3) is 0 Å². The van der Waals surface area contributed by atoms with Gasteiger partial charge in [-0.15, -0.1) is 0 Å². The zero-order valence-electron chi connectivity index (χ0n) is 17.8. The van der Waals surface area contributed by atoms with Crippen LogP contribution in [0.5, 0.6) is 0 Å². The second kappa shape index (κ2) is 15.3. The summed E-state index contributed by atoms with van der Waals surface area (Å²) in [7, 11) is 0. The predicted molar refractivity (Wildman–Crippen MR) is 127 cm³/mol. The highest BCUT2D eigenvalue weighted by Gasteiger charge is 2.43. The molecule has 6 N–H and O–H groups in total. The highest BCUT2D eigenvalue weighted by atomic mass is 32.1. The molecule has 2 unspecified atom stereocenters. The van der Waals surface area contributed by atoms with Gasteiger partial charge in [-0.1, -0.05) is 0 Å². The van der Waals surface area contributed by atoms with Gasteiger partial charge in [-0.05, 0) is 48.7 Å². The van der Waals surface area contributed by atoms with Crippen LogP contribution in [0.3, 0.4) is 0 Å². The van der Waals surface area contributed by atoms with Crippen molar-refractivity contribution >= 4 is 46.1 Å². The van der Waals surface area contributed by atoms with Crippen molar-refractivity contribution in [2.24, 2.45) is 4.99 Å². The minimum atomic E-state index is -1.47. The number of nitrogens with one attached hydrogen (secondary N) is 2. The molecule has 1 saturated heterocycles. The molecule has 33 heavy (non-hydrogen) atoms. The van der Waals surface area contributed by atoms with Gasteiger partial charge in [0.05, 0.1) is 50.5 Å². The number of isothiocyanates is 1. The zero-order chi connectivity index (χ0) is 24.1. The van der Waals surface area contributed by atoms with Gasteiger partial charge in [-0.3, -0.25) is 0 Å². The Hall–Kier alpha value is -1.61. The van der Waals surface area contributed by atoms with Crippen molar-refractivity contribution in [1.82, 2.24) is 5.32 Å². The third-order valence-corrected chi connectivity index (χ3v) is 4.90. The highest BCUT2D eigenvalue weighted by molar-refractivity contribution is 7.80. The van der Waals surface area contributed by atoms with E-state index in [0.29, 0.717) is 37.2 Å². The Labute approximate surface area is 202 Å². The Bertz CT molecular complexity index is 764. The second-order valence-electron chi connectivity index (χ2n) is 6.92. The van der Waals surface area contributed by atoms with E-state index in [9.17, 15) is 15.3 Å². The first-order valence-corrected chi connectivity index (χ1v) is 11.1. The van der Waals surface area contributed by atoms with Crippen molar-refractivity contribution in [1.29, 1.82) is 0 Å². The lowest BCUT2D eigenvalue weighted by Crippen LogP contribution is -2.59. The maximum Gasteiger partial charge on any atom is 0.186 e. The lowest BCUT2D eigenvalue weighted by Gasteiger charge is -2.39. The summed E-state index contributed by atoms with van der Waals surface area (Å²) in [5.41, 5.74) is 1.53. The Morgan fingerprint density at radius 3 is 2.33 bits per heavy atom. The average molecular weight is 504 g/mol. The molecule has 0 aliphatic carbocycles. The van der Waals surface area contributed by atoms with Gasteiger partial charge in [0, 0.05) is 12.2 Å². The number of rotatable bonds is 13. The molecule has 1 aliphatic rings. The van der Waals surface area contributed by atoms with E-state index < -0.39 is 37.3 Å². The van der Waals surface area contributed by atoms with Crippen LogP contribution in [0.1, 0.15) is 0 Å². The number of hydrogen-bond donors (Lipinski definition) is 6. The Balaban J connectivity index is 1.47. The summed E-state index contributed by atoms with van der Waals surface area (Å²) in [6, 6.07) is 7.24. The first kappa shape index (κ1) is 27.6. The molecule has 1 heterocycles. The largest absolute Gasteiger partial charge is 0.394 e. The number of benzene rings is 1. The van der Waals surface area contributed by atoms with Crippen LogP contribution < -0.4 is 10.6 Å². The maximum atomic E-state index is 9.87. The van der Waals surface area contributed by atoms with Crippen LogP contribution in [0.15, 0.2) is 29.3 Å². The van der Waals surface area contributed by atoms with Gasteiger partial charge in [-0.25, -0.2) is 0 Å². The molecule has 13 heteroatoms. The van der Waals surface area contributed by atoms with Crippen LogP contribution in [0.2, 0.25) is 0 Å².